The average Bonchev–Trinajstić information content (AvgIpc) is 2.68. The summed E-state index contributed by atoms with van der Waals surface area (Å²) >= 11 is 0. The molecule has 1 N–H and O–H groups in total. The normalized spacial score (nSPS) is 21.5. The lowest BCUT2D eigenvalue weighted by molar-refractivity contribution is -0.150. The molecule has 0 bridgehead atoms. The fourth-order valence-electron chi connectivity index (χ4n) is 2.99. The van der Waals surface area contributed by atoms with E-state index in [1.54, 1.807) is 0 Å². The Morgan fingerprint density at radius 2 is 1.84 bits per heavy atom. The standard InChI is InChI=1S/C24H38O6Si/c1-19(25)30-22-13-12-21(28-16-22)14-24(26,18-29-31(5,6)23(2,3)4)17-27-15-20-10-8-7-9-11-20/h7-13,21-22,26H,14-18H2,1-6H3/t21-,22+,24?/m0/s1. The van der Waals surface area contributed by atoms with Crippen molar-refractivity contribution in [3.8, 4) is 0 Å². The van der Waals surface area contributed by atoms with Crippen LogP contribution in [0, 0.1) is 0 Å². The predicted molar refractivity (Wildman–Crippen MR) is 123 cm³/mol. The molecular weight excluding hydrogens is 412 g/mol. The summed E-state index contributed by atoms with van der Waals surface area (Å²) in [7, 11) is -2.04. The van der Waals surface area contributed by atoms with E-state index in [1.807, 2.05) is 42.5 Å². The number of benzene rings is 1. The number of ether oxygens (including phenoxy) is 3. The Balaban J connectivity index is 2.03. The molecule has 1 aromatic carbocycles. The molecule has 31 heavy (non-hydrogen) atoms. The summed E-state index contributed by atoms with van der Waals surface area (Å²) in [6, 6.07) is 9.88. The van der Waals surface area contributed by atoms with Gasteiger partial charge in [0, 0.05) is 13.3 Å². The van der Waals surface area contributed by atoms with Crippen LogP contribution in [0.25, 0.3) is 0 Å². The van der Waals surface area contributed by atoms with Crippen molar-refractivity contribution in [3.05, 3.63) is 48.0 Å². The number of hydrogen-bond donors (Lipinski definition) is 1. The third-order valence-corrected chi connectivity index (χ3v) is 10.4. The fraction of sp³-hybridized carbons (Fsp3) is 0.625. The number of carbonyl (C=O) groups is 1. The van der Waals surface area contributed by atoms with E-state index in [4.69, 9.17) is 18.6 Å². The minimum absolute atomic E-state index is 0.0390. The molecule has 6 nitrogen and oxygen atoms in total. The second-order valence-corrected chi connectivity index (χ2v) is 14.7. The van der Waals surface area contributed by atoms with Crippen molar-refractivity contribution in [2.75, 3.05) is 19.8 Å². The summed E-state index contributed by atoms with van der Waals surface area (Å²) in [5.41, 5.74) is -0.152. The zero-order valence-corrected chi connectivity index (χ0v) is 20.7. The minimum atomic E-state index is -2.04. The summed E-state index contributed by atoms with van der Waals surface area (Å²) < 4.78 is 23.2. The zero-order chi connectivity index (χ0) is 23.1. The van der Waals surface area contributed by atoms with Gasteiger partial charge in [-0.15, -0.1) is 0 Å². The summed E-state index contributed by atoms with van der Waals surface area (Å²) in [6.07, 6.45) is 3.29. The van der Waals surface area contributed by atoms with Crippen LogP contribution in [0.4, 0.5) is 0 Å². The SMILES string of the molecule is CC(=O)O[C@@H]1C=C[C@@H](CC(O)(COCc2ccccc2)CO[Si](C)(C)C(C)(C)C)OC1. The highest BCUT2D eigenvalue weighted by atomic mass is 28.4. The number of carbonyl (C=O) groups excluding carboxylic acids is 1. The van der Waals surface area contributed by atoms with Gasteiger partial charge in [0.05, 0.1) is 32.5 Å². The zero-order valence-electron chi connectivity index (χ0n) is 19.7. The van der Waals surface area contributed by atoms with Crippen molar-refractivity contribution < 1.29 is 28.5 Å². The van der Waals surface area contributed by atoms with E-state index in [0.717, 1.165) is 5.56 Å². The largest absolute Gasteiger partial charge is 0.456 e. The molecule has 0 amide bonds. The molecule has 1 unspecified atom stereocenters. The van der Waals surface area contributed by atoms with Crippen LogP contribution < -0.4 is 0 Å². The molecule has 1 heterocycles. The van der Waals surface area contributed by atoms with Crippen molar-refractivity contribution >= 4 is 14.3 Å². The van der Waals surface area contributed by atoms with Gasteiger partial charge < -0.3 is 23.7 Å². The van der Waals surface area contributed by atoms with Gasteiger partial charge in [0.25, 0.3) is 0 Å². The van der Waals surface area contributed by atoms with E-state index < -0.39 is 13.9 Å². The lowest BCUT2D eigenvalue weighted by Gasteiger charge is -2.40. The van der Waals surface area contributed by atoms with E-state index in [9.17, 15) is 9.90 Å². The summed E-state index contributed by atoms with van der Waals surface area (Å²) in [6.45, 7) is 13.2. The van der Waals surface area contributed by atoms with Crippen molar-refractivity contribution in [2.24, 2.45) is 0 Å². The fourth-order valence-corrected chi connectivity index (χ4v) is 4.05. The Morgan fingerprint density at radius 3 is 2.39 bits per heavy atom. The van der Waals surface area contributed by atoms with Crippen molar-refractivity contribution in [1.29, 1.82) is 0 Å². The molecule has 0 fully saturated rings. The third kappa shape index (κ3) is 8.50. The van der Waals surface area contributed by atoms with Gasteiger partial charge in [0.2, 0.25) is 0 Å². The molecule has 3 atom stereocenters. The summed E-state index contributed by atoms with van der Waals surface area (Å²) in [5.74, 6) is -0.342. The molecule has 0 aromatic heterocycles. The highest BCUT2D eigenvalue weighted by Crippen LogP contribution is 2.37. The van der Waals surface area contributed by atoms with Gasteiger partial charge in [0.15, 0.2) is 8.32 Å². The molecule has 1 aromatic rings. The van der Waals surface area contributed by atoms with Crippen molar-refractivity contribution in [3.63, 3.8) is 0 Å². The lowest BCUT2D eigenvalue weighted by Crippen LogP contribution is -2.50. The first-order chi connectivity index (χ1) is 14.4. The maximum atomic E-state index is 11.5. The van der Waals surface area contributed by atoms with E-state index in [2.05, 4.69) is 33.9 Å². The Bertz CT molecular complexity index is 727. The molecule has 2 rings (SSSR count). The van der Waals surface area contributed by atoms with Crippen LogP contribution in [-0.4, -0.2) is 57.0 Å². The van der Waals surface area contributed by atoms with Crippen molar-refractivity contribution in [2.45, 2.75) is 76.7 Å². The maximum Gasteiger partial charge on any atom is 0.303 e. The Morgan fingerprint density at radius 1 is 1.16 bits per heavy atom. The lowest BCUT2D eigenvalue weighted by atomic mass is 9.96. The smallest absolute Gasteiger partial charge is 0.303 e. The molecule has 0 aliphatic carbocycles. The number of rotatable bonds is 10. The molecule has 1 aliphatic rings. The Hall–Kier alpha value is -1.51. The summed E-state index contributed by atoms with van der Waals surface area (Å²) in [5, 5.41) is 11.5. The molecule has 0 spiro atoms. The highest BCUT2D eigenvalue weighted by molar-refractivity contribution is 6.74. The van der Waals surface area contributed by atoms with Gasteiger partial charge >= 0.3 is 5.97 Å². The number of esters is 1. The molecular formula is C24H38O6Si. The van der Waals surface area contributed by atoms with Gasteiger partial charge in [-0.3, -0.25) is 4.79 Å². The van der Waals surface area contributed by atoms with Crippen LogP contribution >= 0.6 is 0 Å². The predicted octanol–water partition coefficient (Wildman–Crippen LogP) is 4.23. The molecule has 7 heteroatoms. The number of hydrogen-bond acceptors (Lipinski definition) is 6. The Kier molecular flexibility index (Phi) is 9.03. The van der Waals surface area contributed by atoms with E-state index in [-0.39, 0.29) is 43.0 Å². The van der Waals surface area contributed by atoms with Gasteiger partial charge in [-0.1, -0.05) is 57.2 Å². The Labute approximate surface area is 187 Å². The first-order valence-corrected chi connectivity index (χ1v) is 13.8. The first-order valence-electron chi connectivity index (χ1n) is 10.9. The second-order valence-electron chi connectivity index (χ2n) is 9.86. The quantitative estimate of drug-likeness (QED) is 0.327. The van der Waals surface area contributed by atoms with E-state index >= 15 is 0 Å². The van der Waals surface area contributed by atoms with Crippen LogP contribution in [0.2, 0.25) is 18.1 Å². The van der Waals surface area contributed by atoms with Crippen LogP contribution in [-0.2, 0) is 30.0 Å². The topological polar surface area (TPSA) is 74.2 Å². The van der Waals surface area contributed by atoms with Gasteiger partial charge in [0.1, 0.15) is 11.7 Å². The van der Waals surface area contributed by atoms with Crippen LogP contribution in [0.15, 0.2) is 42.5 Å². The third-order valence-electron chi connectivity index (χ3n) is 5.90. The molecule has 1 aliphatic heterocycles. The van der Waals surface area contributed by atoms with Crippen molar-refractivity contribution in [1.82, 2.24) is 0 Å². The molecule has 0 radical (unpaired) electrons. The van der Waals surface area contributed by atoms with Gasteiger partial charge in [-0.2, -0.15) is 0 Å². The van der Waals surface area contributed by atoms with E-state index in [1.165, 1.54) is 6.92 Å². The van der Waals surface area contributed by atoms with Crippen LogP contribution in [0.5, 0.6) is 0 Å². The molecule has 0 saturated carbocycles. The number of aliphatic hydroxyl groups is 1. The summed E-state index contributed by atoms with van der Waals surface area (Å²) in [4.78, 5) is 11.1. The van der Waals surface area contributed by atoms with E-state index in [0.29, 0.717) is 13.0 Å². The maximum absolute atomic E-state index is 11.5. The highest BCUT2D eigenvalue weighted by Gasteiger charge is 2.41. The second kappa shape index (κ2) is 10.9. The van der Waals surface area contributed by atoms with Gasteiger partial charge in [-0.05, 0) is 29.8 Å². The van der Waals surface area contributed by atoms with Crippen LogP contribution in [0.1, 0.15) is 39.7 Å². The minimum Gasteiger partial charge on any atom is -0.456 e. The van der Waals surface area contributed by atoms with Crippen LogP contribution in [0.3, 0.4) is 0 Å². The monoisotopic (exact) mass is 450 g/mol. The van der Waals surface area contributed by atoms with Gasteiger partial charge in [-0.25, -0.2) is 0 Å². The molecule has 174 valence electrons. The molecule has 0 saturated heterocycles. The first kappa shape index (κ1) is 25.7. The average molecular weight is 451 g/mol.